The highest BCUT2D eigenvalue weighted by Crippen LogP contribution is 2.31. The van der Waals surface area contributed by atoms with Gasteiger partial charge in [-0.1, -0.05) is 175 Å². The summed E-state index contributed by atoms with van der Waals surface area (Å²) < 4.78 is 0. The van der Waals surface area contributed by atoms with Gasteiger partial charge in [-0.15, -0.1) is 12.4 Å². The van der Waals surface area contributed by atoms with E-state index in [4.69, 9.17) is 0 Å². The minimum absolute atomic E-state index is 0. The van der Waals surface area contributed by atoms with Crippen molar-refractivity contribution in [3.05, 3.63) is 0 Å². The molecule has 0 aromatic rings. The monoisotopic (exact) mass is 544 g/mol. The average molecular weight is 544 g/mol. The van der Waals surface area contributed by atoms with Gasteiger partial charge in [0, 0.05) is 5.54 Å². The zero-order valence-electron chi connectivity index (χ0n) is 26.9. The Hall–Kier alpha value is 0.250. The fourth-order valence-electron chi connectivity index (χ4n) is 6.01. The van der Waals surface area contributed by atoms with Crippen molar-refractivity contribution in [2.45, 2.75) is 214 Å². The van der Waals surface area contributed by atoms with Crippen molar-refractivity contribution >= 4 is 12.4 Å². The number of hydrogen-bond donors (Lipinski definition) is 0. The number of hydrogen-bond acceptors (Lipinski definition) is 1. The van der Waals surface area contributed by atoms with E-state index in [-0.39, 0.29) is 12.4 Å². The van der Waals surface area contributed by atoms with Crippen molar-refractivity contribution in [3.8, 4) is 0 Å². The van der Waals surface area contributed by atoms with Crippen molar-refractivity contribution in [3.63, 3.8) is 0 Å². The molecule has 1 nitrogen and oxygen atoms in total. The van der Waals surface area contributed by atoms with Gasteiger partial charge in [-0.2, -0.15) is 0 Å². The summed E-state index contributed by atoms with van der Waals surface area (Å²) in [6.45, 7) is 14.7. The summed E-state index contributed by atoms with van der Waals surface area (Å²) in [6.07, 6.45) is 38.6. The first-order valence-corrected chi connectivity index (χ1v) is 17.4. The maximum atomic E-state index is 3.01. The predicted molar refractivity (Wildman–Crippen MR) is 175 cm³/mol. The van der Waals surface area contributed by atoms with E-state index in [1.165, 1.54) is 186 Å². The van der Waals surface area contributed by atoms with Crippen molar-refractivity contribution in [1.29, 1.82) is 0 Å². The Bertz CT molecular complexity index is 396. The molecule has 226 valence electrons. The van der Waals surface area contributed by atoms with E-state index >= 15 is 0 Å². The second-order valence-corrected chi connectivity index (χ2v) is 12.4. The van der Waals surface area contributed by atoms with Crippen LogP contribution in [0.2, 0.25) is 0 Å². The molecule has 0 aliphatic rings. The van der Waals surface area contributed by atoms with Gasteiger partial charge in [0.15, 0.2) is 0 Å². The summed E-state index contributed by atoms with van der Waals surface area (Å²) in [6, 6.07) is 0. The molecule has 0 aliphatic heterocycles. The lowest BCUT2D eigenvalue weighted by Crippen LogP contribution is -2.47. The largest absolute Gasteiger partial charge is 0.298 e. The smallest absolute Gasteiger partial charge is 0.0181 e. The topological polar surface area (TPSA) is 3.24 Å². The van der Waals surface area contributed by atoms with Gasteiger partial charge in [0.25, 0.3) is 0 Å². The highest BCUT2D eigenvalue weighted by Gasteiger charge is 2.30. The van der Waals surface area contributed by atoms with Gasteiger partial charge < -0.3 is 0 Å². The first-order valence-electron chi connectivity index (χ1n) is 17.4. The lowest BCUT2D eigenvalue weighted by atomic mass is 9.85. The zero-order chi connectivity index (χ0) is 26.6. The van der Waals surface area contributed by atoms with Gasteiger partial charge in [0.1, 0.15) is 0 Å². The van der Waals surface area contributed by atoms with E-state index in [0.29, 0.717) is 5.54 Å². The molecule has 0 spiro atoms. The van der Waals surface area contributed by atoms with Crippen LogP contribution >= 0.6 is 12.4 Å². The highest BCUT2D eigenvalue weighted by molar-refractivity contribution is 5.85. The quantitative estimate of drug-likeness (QED) is 0.0813. The third-order valence-corrected chi connectivity index (χ3v) is 8.71. The van der Waals surface area contributed by atoms with E-state index in [0.717, 1.165) is 0 Å². The molecule has 0 fully saturated rings. The van der Waals surface area contributed by atoms with Gasteiger partial charge in [-0.3, -0.25) is 4.90 Å². The molecule has 0 saturated carbocycles. The van der Waals surface area contributed by atoms with Crippen LogP contribution in [0.15, 0.2) is 0 Å². The number of nitrogens with zero attached hydrogens (tertiary/aromatic N) is 1. The summed E-state index contributed by atoms with van der Waals surface area (Å²) in [5.41, 5.74) is 0.432. The number of rotatable bonds is 30. The molecule has 37 heavy (non-hydrogen) atoms. The molecule has 2 heteroatoms. The first kappa shape index (κ1) is 39.4. The lowest BCUT2D eigenvalue weighted by Gasteiger charge is -2.42. The second kappa shape index (κ2) is 30.8. The van der Waals surface area contributed by atoms with E-state index in [9.17, 15) is 0 Å². The summed E-state index contributed by atoms with van der Waals surface area (Å²) in [4.78, 5) is 3.01. The van der Waals surface area contributed by atoms with E-state index < -0.39 is 0 Å². The molecule has 0 N–H and O–H groups in total. The number of unbranched alkanes of at least 4 members (excludes halogenated alkanes) is 21. The van der Waals surface area contributed by atoms with Gasteiger partial charge in [0.05, 0.1) is 0 Å². The van der Waals surface area contributed by atoms with Crippen LogP contribution in [0.3, 0.4) is 0 Å². The van der Waals surface area contributed by atoms with E-state index in [2.05, 4.69) is 39.5 Å². The molecular formula is C35H74ClN. The Kier molecular flexibility index (Phi) is 32.8. The Morgan fingerprint density at radius 3 is 0.892 bits per heavy atom. The maximum Gasteiger partial charge on any atom is 0.0181 e. The molecule has 0 bridgehead atoms. The van der Waals surface area contributed by atoms with Crippen molar-refractivity contribution < 1.29 is 0 Å². The molecular weight excluding hydrogens is 470 g/mol. The molecule has 0 amide bonds. The molecule has 0 heterocycles. The minimum Gasteiger partial charge on any atom is -0.298 e. The Morgan fingerprint density at radius 2 is 0.595 bits per heavy atom. The fraction of sp³-hybridized carbons (Fsp3) is 1.00. The maximum absolute atomic E-state index is 3.01. The second-order valence-electron chi connectivity index (χ2n) is 12.4. The van der Waals surface area contributed by atoms with Crippen LogP contribution in [0.1, 0.15) is 208 Å². The molecule has 0 aliphatic carbocycles. The summed E-state index contributed by atoms with van der Waals surface area (Å²) in [5, 5.41) is 0. The third kappa shape index (κ3) is 25.0. The minimum atomic E-state index is 0. The normalized spacial score (nSPS) is 13.1. The lowest BCUT2D eigenvalue weighted by molar-refractivity contribution is 0.0752. The van der Waals surface area contributed by atoms with Gasteiger partial charge in [-0.25, -0.2) is 0 Å². The Labute approximate surface area is 243 Å². The predicted octanol–water partition coefficient (Wildman–Crippen LogP) is 13.1. The SMILES string of the molecule is CCCCCCCCCC(C)(CCCCCCCC)N(CCCCCCCC)CCCCCCCC.Cl. The molecule has 1 unspecified atom stereocenters. The summed E-state index contributed by atoms with van der Waals surface area (Å²) in [5.74, 6) is 0. The first-order chi connectivity index (χ1) is 17.6. The Morgan fingerprint density at radius 1 is 0.351 bits per heavy atom. The number of halogens is 1. The van der Waals surface area contributed by atoms with E-state index in [1.807, 2.05) is 0 Å². The molecule has 0 aromatic carbocycles. The highest BCUT2D eigenvalue weighted by atomic mass is 35.5. The molecule has 0 rings (SSSR count). The van der Waals surface area contributed by atoms with Crippen LogP contribution in [0.4, 0.5) is 0 Å². The molecule has 0 aromatic heterocycles. The summed E-state index contributed by atoms with van der Waals surface area (Å²) >= 11 is 0. The van der Waals surface area contributed by atoms with E-state index in [1.54, 1.807) is 0 Å². The molecule has 1 atom stereocenters. The third-order valence-electron chi connectivity index (χ3n) is 8.71. The van der Waals surface area contributed by atoms with Crippen molar-refractivity contribution in [2.24, 2.45) is 0 Å². The van der Waals surface area contributed by atoms with Crippen LogP contribution in [0.5, 0.6) is 0 Å². The molecule has 0 radical (unpaired) electrons. The standard InChI is InChI=1S/C35H73N.ClH/c1-6-10-14-18-22-24-28-32-35(5,31-27-23-19-15-11-7-2)36(33-29-25-20-16-12-8-3)34-30-26-21-17-13-9-4;/h6-34H2,1-5H3;1H. The van der Waals surface area contributed by atoms with Gasteiger partial charge in [0.2, 0.25) is 0 Å². The zero-order valence-corrected chi connectivity index (χ0v) is 27.7. The fourth-order valence-corrected chi connectivity index (χ4v) is 6.01. The Balaban J connectivity index is 0. The average Bonchev–Trinajstić information content (AvgIpc) is 2.88. The van der Waals surface area contributed by atoms with Gasteiger partial charge >= 0.3 is 0 Å². The van der Waals surface area contributed by atoms with Crippen LogP contribution in [0.25, 0.3) is 0 Å². The molecule has 0 saturated heterocycles. The van der Waals surface area contributed by atoms with Crippen LogP contribution in [0, 0.1) is 0 Å². The van der Waals surface area contributed by atoms with Crippen LogP contribution in [-0.4, -0.2) is 23.5 Å². The van der Waals surface area contributed by atoms with Crippen molar-refractivity contribution in [2.75, 3.05) is 13.1 Å². The van der Waals surface area contributed by atoms with Gasteiger partial charge in [-0.05, 0) is 45.7 Å². The van der Waals surface area contributed by atoms with Crippen LogP contribution < -0.4 is 0 Å². The summed E-state index contributed by atoms with van der Waals surface area (Å²) in [7, 11) is 0. The van der Waals surface area contributed by atoms with Crippen molar-refractivity contribution in [1.82, 2.24) is 4.90 Å². The van der Waals surface area contributed by atoms with Crippen LogP contribution in [-0.2, 0) is 0 Å².